The average molecular weight is 421 g/mol. The molecule has 1 fully saturated rings. The van der Waals surface area contributed by atoms with Crippen LogP contribution in [-0.2, 0) is 16.6 Å². The first-order valence-corrected chi connectivity index (χ1v) is 11.1. The highest BCUT2D eigenvalue weighted by Crippen LogP contribution is 2.27. The molecule has 0 radical (unpaired) electrons. The van der Waals surface area contributed by atoms with Crippen molar-refractivity contribution in [3.63, 3.8) is 0 Å². The van der Waals surface area contributed by atoms with Gasteiger partial charge in [-0.15, -0.1) is 11.3 Å². The van der Waals surface area contributed by atoms with Crippen molar-refractivity contribution in [2.75, 3.05) is 33.3 Å². The van der Waals surface area contributed by atoms with Crippen LogP contribution in [0.1, 0.15) is 5.89 Å². The SMILES string of the molecule is COc1ccccc1S(=O)(=O)N1CCN(Cc2nc(-c3cccs3)no2)CC1. The molecule has 0 unspecified atom stereocenters. The van der Waals surface area contributed by atoms with Crippen LogP contribution in [0, 0.1) is 0 Å². The Labute approximate surface area is 167 Å². The Balaban J connectivity index is 1.39. The molecule has 0 atom stereocenters. The third-order valence-electron chi connectivity index (χ3n) is 4.59. The molecule has 8 nitrogen and oxygen atoms in total. The van der Waals surface area contributed by atoms with Crippen LogP contribution in [0.25, 0.3) is 10.7 Å². The lowest BCUT2D eigenvalue weighted by molar-refractivity contribution is 0.163. The fourth-order valence-corrected chi connectivity index (χ4v) is 5.34. The lowest BCUT2D eigenvalue weighted by Crippen LogP contribution is -2.48. The summed E-state index contributed by atoms with van der Waals surface area (Å²) in [4.78, 5) is 7.70. The summed E-state index contributed by atoms with van der Waals surface area (Å²) < 4.78 is 38.0. The van der Waals surface area contributed by atoms with Gasteiger partial charge in [0, 0.05) is 26.2 Å². The number of piperazine rings is 1. The normalized spacial score (nSPS) is 16.3. The van der Waals surface area contributed by atoms with Gasteiger partial charge in [0.05, 0.1) is 18.5 Å². The molecule has 28 heavy (non-hydrogen) atoms. The van der Waals surface area contributed by atoms with Gasteiger partial charge in [-0.2, -0.15) is 9.29 Å². The van der Waals surface area contributed by atoms with Crippen molar-refractivity contribution >= 4 is 21.4 Å². The first-order valence-electron chi connectivity index (χ1n) is 8.80. The van der Waals surface area contributed by atoms with E-state index in [0.717, 1.165) is 4.88 Å². The second-order valence-corrected chi connectivity index (χ2v) is 9.17. The fraction of sp³-hybridized carbons (Fsp3) is 0.333. The summed E-state index contributed by atoms with van der Waals surface area (Å²) in [6, 6.07) is 10.6. The summed E-state index contributed by atoms with van der Waals surface area (Å²) in [6.45, 7) is 2.47. The number of hydrogen-bond acceptors (Lipinski definition) is 8. The quantitative estimate of drug-likeness (QED) is 0.605. The molecule has 3 heterocycles. The van der Waals surface area contributed by atoms with Crippen LogP contribution in [0.5, 0.6) is 5.75 Å². The third kappa shape index (κ3) is 3.81. The summed E-state index contributed by atoms with van der Waals surface area (Å²) in [7, 11) is -2.12. The molecule has 0 saturated carbocycles. The number of ether oxygens (including phenoxy) is 1. The topological polar surface area (TPSA) is 88.8 Å². The van der Waals surface area contributed by atoms with Gasteiger partial charge in [-0.3, -0.25) is 4.90 Å². The molecule has 0 spiro atoms. The van der Waals surface area contributed by atoms with Crippen LogP contribution in [0.15, 0.2) is 51.2 Å². The van der Waals surface area contributed by atoms with Gasteiger partial charge in [0.25, 0.3) is 0 Å². The maximum absolute atomic E-state index is 13.0. The highest BCUT2D eigenvalue weighted by Gasteiger charge is 2.31. The molecule has 1 aromatic carbocycles. The maximum Gasteiger partial charge on any atom is 0.246 e. The van der Waals surface area contributed by atoms with Crippen LogP contribution in [0.3, 0.4) is 0 Å². The number of benzene rings is 1. The van der Waals surface area contributed by atoms with Gasteiger partial charge in [0.1, 0.15) is 10.6 Å². The molecule has 10 heteroatoms. The number of para-hydroxylation sites is 1. The van der Waals surface area contributed by atoms with Gasteiger partial charge >= 0.3 is 0 Å². The van der Waals surface area contributed by atoms with E-state index >= 15 is 0 Å². The van der Waals surface area contributed by atoms with Crippen molar-refractivity contribution < 1.29 is 17.7 Å². The average Bonchev–Trinajstić information content (AvgIpc) is 3.40. The molecule has 0 N–H and O–H groups in total. The molecule has 4 rings (SSSR count). The van der Waals surface area contributed by atoms with E-state index in [2.05, 4.69) is 15.0 Å². The van der Waals surface area contributed by atoms with Crippen molar-refractivity contribution in [1.82, 2.24) is 19.3 Å². The van der Waals surface area contributed by atoms with Crippen LogP contribution in [-0.4, -0.2) is 61.1 Å². The minimum atomic E-state index is -3.59. The van der Waals surface area contributed by atoms with E-state index in [4.69, 9.17) is 9.26 Å². The Kier molecular flexibility index (Phi) is 5.44. The first kappa shape index (κ1) is 19.1. The summed E-state index contributed by atoms with van der Waals surface area (Å²) in [6.07, 6.45) is 0. The molecule has 1 aliphatic rings. The van der Waals surface area contributed by atoms with Crippen LogP contribution in [0.4, 0.5) is 0 Å². The number of sulfonamides is 1. The summed E-state index contributed by atoms with van der Waals surface area (Å²) >= 11 is 1.56. The van der Waals surface area contributed by atoms with Gasteiger partial charge in [0.15, 0.2) is 0 Å². The predicted molar refractivity (Wildman–Crippen MR) is 105 cm³/mol. The molecule has 2 aromatic heterocycles. The number of thiophene rings is 1. The van der Waals surface area contributed by atoms with E-state index < -0.39 is 10.0 Å². The van der Waals surface area contributed by atoms with Crippen molar-refractivity contribution in [1.29, 1.82) is 0 Å². The van der Waals surface area contributed by atoms with Gasteiger partial charge in [-0.05, 0) is 23.6 Å². The zero-order chi connectivity index (χ0) is 19.6. The molecule has 0 bridgehead atoms. The predicted octanol–water partition coefficient (Wildman–Crippen LogP) is 2.31. The van der Waals surface area contributed by atoms with Crippen LogP contribution in [0.2, 0.25) is 0 Å². The van der Waals surface area contributed by atoms with Gasteiger partial charge < -0.3 is 9.26 Å². The Hall–Kier alpha value is -2.27. The Bertz CT molecular complexity index is 1030. The minimum Gasteiger partial charge on any atom is -0.495 e. The van der Waals surface area contributed by atoms with Gasteiger partial charge in [-0.25, -0.2) is 8.42 Å². The van der Waals surface area contributed by atoms with E-state index in [1.165, 1.54) is 11.4 Å². The summed E-state index contributed by atoms with van der Waals surface area (Å²) in [5.74, 6) is 1.48. The van der Waals surface area contributed by atoms with Crippen molar-refractivity contribution in [3.8, 4) is 16.5 Å². The Morgan fingerprint density at radius 3 is 2.64 bits per heavy atom. The summed E-state index contributed by atoms with van der Waals surface area (Å²) in [5.41, 5.74) is 0. The van der Waals surface area contributed by atoms with Crippen molar-refractivity contribution in [2.45, 2.75) is 11.4 Å². The zero-order valence-corrected chi connectivity index (χ0v) is 16.9. The molecule has 0 amide bonds. The zero-order valence-electron chi connectivity index (χ0n) is 15.3. The molecular formula is C18H20N4O4S2. The van der Waals surface area contributed by atoms with Crippen molar-refractivity contribution in [3.05, 3.63) is 47.7 Å². The molecule has 148 valence electrons. The Morgan fingerprint density at radius 1 is 1.14 bits per heavy atom. The van der Waals surface area contributed by atoms with E-state index in [0.29, 0.717) is 50.2 Å². The van der Waals surface area contributed by atoms with E-state index in [9.17, 15) is 8.42 Å². The van der Waals surface area contributed by atoms with E-state index in [1.54, 1.807) is 35.6 Å². The monoisotopic (exact) mass is 420 g/mol. The van der Waals surface area contributed by atoms with Crippen LogP contribution >= 0.6 is 11.3 Å². The molecule has 1 aliphatic heterocycles. The smallest absolute Gasteiger partial charge is 0.246 e. The minimum absolute atomic E-state index is 0.198. The maximum atomic E-state index is 13.0. The summed E-state index contributed by atoms with van der Waals surface area (Å²) in [5, 5.41) is 5.98. The fourth-order valence-electron chi connectivity index (χ4n) is 3.12. The number of hydrogen-bond donors (Lipinski definition) is 0. The highest BCUT2D eigenvalue weighted by atomic mass is 32.2. The van der Waals surface area contributed by atoms with Crippen molar-refractivity contribution in [2.24, 2.45) is 0 Å². The van der Waals surface area contributed by atoms with Gasteiger partial charge in [0.2, 0.25) is 21.7 Å². The van der Waals surface area contributed by atoms with E-state index in [1.807, 2.05) is 17.5 Å². The van der Waals surface area contributed by atoms with Gasteiger partial charge in [-0.1, -0.05) is 23.4 Å². The molecule has 3 aromatic rings. The number of nitrogens with zero attached hydrogens (tertiary/aromatic N) is 4. The third-order valence-corrected chi connectivity index (χ3v) is 7.39. The first-order chi connectivity index (χ1) is 13.6. The second kappa shape index (κ2) is 8.00. The lowest BCUT2D eigenvalue weighted by atomic mass is 10.3. The number of methoxy groups -OCH3 is 1. The molecule has 1 saturated heterocycles. The second-order valence-electron chi connectivity index (χ2n) is 6.32. The largest absolute Gasteiger partial charge is 0.495 e. The molecule has 0 aliphatic carbocycles. The van der Waals surface area contributed by atoms with E-state index in [-0.39, 0.29) is 4.90 Å². The lowest BCUT2D eigenvalue weighted by Gasteiger charge is -2.33. The molecular weight excluding hydrogens is 400 g/mol. The number of rotatable bonds is 6. The standard InChI is InChI=1S/C18H20N4O4S2/c1-25-14-5-2-3-7-16(14)28(23,24)22-10-8-21(9-11-22)13-17-19-18(20-26-17)15-6-4-12-27-15/h2-7,12H,8-11,13H2,1H3. The number of aromatic nitrogens is 2. The van der Waals surface area contributed by atoms with Crippen LogP contribution < -0.4 is 4.74 Å². The Morgan fingerprint density at radius 2 is 1.93 bits per heavy atom. The highest BCUT2D eigenvalue weighted by molar-refractivity contribution is 7.89.